The van der Waals surface area contributed by atoms with E-state index in [4.69, 9.17) is 0 Å². The molecule has 0 aromatic carbocycles. The van der Waals surface area contributed by atoms with Crippen LogP contribution in [0.5, 0.6) is 0 Å². The van der Waals surface area contributed by atoms with E-state index in [9.17, 15) is 13.2 Å². The monoisotopic (exact) mass is 210 g/mol. The summed E-state index contributed by atoms with van der Waals surface area (Å²) in [5.41, 5.74) is 0. The normalized spacial score (nSPS) is 7.42. The van der Waals surface area contributed by atoms with Crippen LogP contribution < -0.4 is 42.0 Å². The Morgan fingerprint density at radius 3 is 1.83 bits per heavy atom. The minimum Gasteiger partial charge on any atom is -1.00 e. The van der Waals surface area contributed by atoms with Gasteiger partial charge in [0, 0.05) is 19.4 Å². The average molecular weight is 211 g/mol. The molecule has 0 aliphatic carbocycles. The molecule has 0 atom stereocenters. The first-order chi connectivity index (χ1) is 4.63. The second-order valence-electron chi connectivity index (χ2n) is 1.48. The van der Waals surface area contributed by atoms with Crippen molar-refractivity contribution in [3.8, 4) is 0 Å². The fourth-order valence-electron chi connectivity index (χ4n) is 0.326. The summed E-state index contributed by atoms with van der Waals surface area (Å²) in [7, 11) is 1.94. The molecule has 0 fully saturated rings. The number of hydrogen-bond acceptors (Lipinski definition) is 1. The van der Waals surface area contributed by atoms with Gasteiger partial charge in [-0.1, -0.05) is 0 Å². The Hall–Kier alpha value is 0.290. The Morgan fingerprint density at radius 2 is 1.75 bits per heavy atom. The maximum atomic E-state index is 9.67. The van der Waals surface area contributed by atoms with Crippen molar-refractivity contribution in [3.63, 3.8) is 0 Å². The first-order valence-electron chi connectivity index (χ1n) is 2.47. The zero-order valence-corrected chi connectivity index (χ0v) is 9.47. The molecular weight excluding hydrogens is 204 g/mol. The summed E-state index contributed by atoms with van der Waals surface area (Å²) in [5.74, 6) is 0. The Labute approximate surface area is 96.9 Å². The van der Waals surface area contributed by atoms with Crippen LogP contribution in [-0.2, 0) is 7.05 Å². The zero-order chi connectivity index (χ0) is 7.98. The first-order valence-corrected chi connectivity index (χ1v) is 2.47. The number of hydrogen-bond donors (Lipinski definition) is 0. The van der Waals surface area contributed by atoms with Crippen molar-refractivity contribution in [2.75, 3.05) is 0 Å². The molecule has 7 heteroatoms. The Kier molecular flexibility index (Phi) is 17.1. The van der Waals surface area contributed by atoms with Gasteiger partial charge in [0.1, 0.15) is 0 Å². The maximum Gasteiger partial charge on any atom is 1.00 e. The predicted molar refractivity (Wildman–Crippen MR) is 30.3 cm³/mol. The fourth-order valence-corrected chi connectivity index (χ4v) is 0.326. The summed E-state index contributed by atoms with van der Waals surface area (Å²) >= 11 is 0. The van der Waals surface area contributed by atoms with Crippen LogP contribution in [0.4, 0.5) is 13.2 Å². The van der Waals surface area contributed by atoms with Crippen molar-refractivity contribution in [1.82, 2.24) is 9.55 Å². The average Bonchev–Trinajstić information content (AvgIpc) is 2.15. The molecule has 0 amide bonds. The van der Waals surface area contributed by atoms with Crippen molar-refractivity contribution < 1.29 is 55.1 Å². The predicted octanol–water partition coefficient (Wildman–Crippen LogP) is -4.39. The van der Waals surface area contributed by atoms with Crippen LogP contribution >= 0.6 is 0 Å². The van der Waals surface area contributed by atoms with Gasteiger partial charge in [-0.05, 0) is 0 Å². The number of rotatable bonds is 0. The number of alkyl halides is 3. The molecule has 1 aromatic rings. The molecule has 0 radical (unpaired) electrons. The van der Waals surface area contributed by atoms with Gasteiger partial charge in [0.25, 0.3) is 0 Å². The van der Waals surface area contributed by atoms with Gasteiger partial charge >= 0.3 is 36.2 Å². The summed E-state index contributed by atoms with van der Waals surface area (Å²) in [5, 5.41) is 0. The van der Waals surface area contributed by atoms with Gasteiger partial charge in [-0.15, -0.1) is 0 Å². The SMILES string of the molecule is Cn1ccnc1.FC(F)F.[Cl-].[Na+]. The second kappa shape index (κ2) is 11.3. The van der Waals surface area contributed by atoms with Gasteiger partial charge in [-0.25, -0.2) is 4.98 Å². The Bertz CT molecular complexity index is 157. The molecule has 1 rings (SSSR count). The van der Waals surface area contributed by atoms with E-state index in [2.05, 4.69) is 4.98 Å². The maximum absolute atomic E-state index is 9.67. The molecule has 0 saturated heterocycles. The number of halogens is 4. The fraction of sp³-hybridized carbons (Fsp3) is 0.400. The summed E-state index contributed by atoms with van der Waals surface area (Å²) in [6, 6.07) is 0. The van der Waals surface area contributed by atoms with Crippen LogP contribution in [0, 0.1) is 0 Å². The molecule has 0 spiro atoms. The summed E-state index contributed by atoms with van der Waals surface area (Å²) in [6.07, 6.45) is 5.39. The van der Waals surface area contributed by atoms with Crippen molar-refractivity contribution in [1.29, 1.82) is 0 Å². The van der Waals surface area contributed by atoms with Gasteiger partial charge in [-0.3, -0.25) is 0 Å². The van der Waals surface area contributed by atoms with E-state index in [0.717, 1.165) is 0 Å². The molecule has 1 heterocycles. The minimum absolute atomic E-state index is 0. The molecule has 0 aliphatic heterocycles. The third kappa shape index (κ3) is 16.7. The quantitative estimate of drug-likeness (QED) is 0.396. The molecule has 0 bridgehead atoms. The molecule has 0 unspecified atom stereocenters. The van der Waals surface area contributed by atoms with Gasteiger partial charge in [0.05, 0.1) is 6.33 Å². The summed E-state index contributed by atoms with van der Waals surface area (Å²) in [6.45, 7) is -3.67. The van der Waals surface area contributed by atoms with Gasteiger partial charge in [0.15, 0.2) is 0 Å². The van der Waals surface area contributed by atoms with Crippen LogP contribution in [0.2, 0.25) is 0 Å². The van der Waals surface area contributed by atoms with E-state index >= 15 is 0 Å². The molecule has 2 nitrogen and oxygen atoms in total. The van der Waals surface area contributed by atoms with Crippen LogP contribution in [0.3, 0.4) is 0 Å². The van der Waals surface area contributed by atoms with Crippen molar-refractivity contribution in [2.45, 2.75) is 6.68 Å². The summed E-state index contributed by atoms with van der Waals surface area (Å²) < 4.78 is 30.9. The molecule has 66 valence electrons. The molecule has 0 aliphatic rings. The van der Waals surface area contributed by atoms with Crippen LogP contribution in [0.25, 0.3) is 0 Å². The second-order valence-corrected chi connectivity index (χ2v) is 1.48. The molecular formula is C5H7ClF3N2Na. The van der Waals surface area contributed by atoms with Gasteiger partial charge < -0.3 is 17.0 Å². The van der Waals surface area contributed by atoms with Gasteiger partial charge in [0.2, 0.25) is 0 Å². The van der Waals surface area contributed by atoms with Crippen molar-refractivity contribution in [2.24, 2.45) is 7.05 Å². The van der Waals surface area contributed by atoms with E-state index in [1.54, 1.807) is 12.5 Å². The van der Waals surface area contributed by atoms with Gasteiger partial charge in [-0.2, -0.15) is 13.2 Å². The summed E-state index contributed by atoms with van der Waals surface area (Å²) in [4.78, 5) is 3.78. The van der Waals surface area contributed by atoms with E-state index in [1.807, 2.05) is 17.8 Å². The molecule has 1 aromatic heterocycles. The molecule has 0 saturated carbocycles. The largest absolute Gasteiger partial charge is 1.00 e. The van der Waals surface area contributed by atoms with E-state index in [0.29, 0.717) is 0 Å². The Balaban J connectivity index is -0.000000124. The molecule has 12 heavy (non-hydrogen) atoms. The number of aromatic nitrogens is 2. The third-order valence-corrected chi connectivity index (χ3v) is 0.637. The van der Waals surface area contributed by atoms with Crippen LogP contribution in [0.15, 0.2) is 18.7 Å². The van der Waals surface area contributed by atoms with Crippen LogP contribution in [0.1, 0.15) is 0 Å². The van der Waals surface area contributed by atoms with E-state index in [-0.39, 0.29) is 42.0 Å². The number of aryl methyl sites for hydroxylation is 1. The minimum atomic E-state index is -3.67. The third-order valence-electron chi connectivity index (χ3n) is 0.637. The van der Waals surface area contributed by atoms with Crippen molar-refractivity contribution in [3.05, 3.63) is 18.7 Å². The smallest absolute Gasteiger partial charge is 1.00 e. The first kappa shape index (κ1) is 18.2. The zero-order valence-electron chi connectivity index (χ0n) is 6.72. The van der Waals surface area contributed by atoms with Crippen molar-refractivity contribution >= 4 is 0 Å². The van der Waals surface area contributed by atoms with E-state index < -0.39 is 6.68 Å². The number of imidazole rings is 1. The number of nitrogens with zero attached hydrogens (tertiary/aromatic N) is 2. The Morgan fingerprint density at radius 1 is 1.33 bits per heavy atom. The van der Waals surface area contributed by atoms with Crippen LogP contribution in [-0.4, -0.2) is 16.2 Å². The molecule has 0 N–H and O–H groups in total. The van der Waals surface area contributed by atoms with E-state index in [1.165, 1.54) is 0 Å². The standard InChI is InChI=1S/C4H6N2.CHF3.ClH.Na/c1-6-3-2-5-4-6;2-1(3)4;;/h2-4H,1H3;1H;1H;/q;;;+1/p-1. The topological polar surface area (TPSA) is 17.8 Å².